The van der Waals surface area contributed by atoms with E-state index in [2.05, 4.69) is 5.32 Å². The van der Waals surface area contributed by atoms with Crippen molar-refractivity contribution in [1.82, 2.24) is 5.32 Å². The van der Waals surface area contributed by atoms with E-state index in [0.29, 0.717) is 6.54 Å². The second-order valence-corrected chi connectivity index (χ2v) is 5.16. The van der Waals surface area contributed by atoms with Gasteiger partial charge in [0.05, 0.1) is 0 Å². The monoisotopic (exact) mass is 251 g/mol. The van der Waals surface area contributed by atoms with Gasteiger partial charge in [0.15, 0.2) is 0 Å². The molecule has 16 heavy (non-hydrogen) atoms. The topological polar surface area (TPSA) is 12.0 Å². The van der Waals surface area contributed by atoms with Gasteiger partial charge in [0.2, 0.25) is 0 Å². The van der Waals surface area contributed by atoms with E-state index in [-0.39, 0.29) is 12.5 Å². The molecule has 0 saturated heterocycles. The lowest BCUT2D eigenvalue weighted by atomic mass is 10.2. The Balaban J connectivity index is 2.23. The molecule has 1 aromatic rings. The SMILES string of the molecule is Cc1ccc(C(C)NCCCC(F)(F)F)s1. The van der Waals surface area contributed by atoms with Crippen molar-refractivity contribution in [2.75, 3.05) is 6.54 Å². The van der Waals surface area contributed by atoms with Crippen LogP contribution in [-0.4, -0.2) is 12.7 Å². The summed E-state index contributed by atoms with van der Waals surface area (Å²) >= 11 is 1.67. The van der Waals surface area contributed by atoms with Gasteiger partial charge >= 0.3 is 6.18 Å². The fourth-order valence-corrected chi connectivity index (χ4v) is 2.30. The Bertz CT molecular complexity index is 319. The molecule has 1 atom stereocenters. The first-order valence-corrected chi connectivity index (χ1v) is 6.06. The maximum absolute atomic E-state index is 11.9. The van der Waals surface area contributed by atoms with E-state index in [9.17, 15) is 13.2 Å². The Morgan fingerprint density at radius 3 is 2.56 bits per heavy atom. The molecule has 0 aliphatic heterocycles. The van der Waals surface area contributed by atoms with Crippen LogP contribution in [0.3, 0.4) is 0 Å². The molecule has 0 aliphatic rings. The maximum Gasteiger partial charge on any atom is 0.389 e. The number of rotatable bonds is 5. The summed E-state index contributed by atoms with van der Waals surface area (Å²) in [6.45, 7) is 4.39. The molecule has 0 radical (unpaired) electrons. The molecule has 0 aromatic carbocycles. The Morgan fingerprint density at radius 1 is 1.38 bits per heavy atom. The van der Waals surface area contributed by atoms with Gasteiger partial charge in [-0.1, -0.05) is 0 Å². The number of nitrogens with one attached hydrogen (secondary N) is 1. The summed E-state index contributed by atoms with van der Waals surface area (Å²) in [4.78, 5) is 2.39. The van der Waals surface area contributed by atoms with Crippen LogP contribution in [0.1, 0.15) is 35.6 Å². The zero-order valence-corrected chi connectivity index (χ0v) is 10.2. The van der Waals surface area contributed by atoms with Crippen molar-refractivity contribution < 1.29 is 13.2 Å². The van der Waals surface area contributed by atoms with Crippen molar-refractivity contribution in [3.8, 4) is 0 Å². The van der Waals surface area contributed by atoms with E-state index in [1.807, 2.05) is 26.0 Å². The van der Waals surface area contributed by atoms with Gasteiger partial charge in [-0.15, -0.1) is 11.3 Å². The summed E-state index contributed by atoms with van der Waals surface area (Å²) in [5.74, 6) is 0. The molecule has 1 aromatic heterocycles. The lowest BCUT2D eigenvalue weighted by Crippen LogP contribution is -2.20. The molecule has 1 nitrogen and oxygen atoms in total. The van der Waals surface area contributed by atoms with Gasteiger partial charge in [-0.2, -0.15) is 13.2 Å². The van der Waals surface area contributed by atoms with Gasteiger partial charge in [0.25, 0.3) is 0 Å². The standard InChI is InChI=1S/C11H16F3NS/c1-8-4-5-10(16-8)9(2)15-7-3-6-11(12,13)14/h4-5,9,15H,3,6-7H2,1-2H3. The summed E-state index contributed by atoms with van der Waals surface area (Å²) in [5.41, 5.74) is 0. The number of thiophene rings is 1. The maximum atomic E-state index is 11.9. The van der Waals surface area contributed by atoms with Crippen LogP contribution >= 0.6 is 11.3 Å². The smallest absolute Gasteiger partial charge is 0.309 e. The molecule has 1 heterocycles. The first-order valence-electron chi connectivity index (χ1n) is 5.25. The molecule has 0 aliphatic carbocycles. The summed E-state index contributed by atoms with van der Waals surface area (Å²) in [5, 5.41) is 3.10. The summed E-state index contributed by atoms with van der Waals surface area (Å²) in [7, 11) is 0. The minimum Gasteiger partial charge on any atom is -0.309 e. The molecule has 92 valence electrons. The van der Waals surface area contributed by atoms with E-state index in [4.69, 9.17) is 0 Å². The van der Waals surface area contributed by atoms with Gasteiger partial charge in [0, 0.05) is 22.2 Å². The van der Waals surface area contributed by atoms with E-state index >= 15 is 0 Å². The number of aryl methyl sites for hydroxylation is 1. The van der Waals surface area contributed by atoms with Crippen LogP contribution in [0.5, 0.6) is 0 Å². The largest absolute Gasteiger partial charge is 0.389 e. The molecule has 1 N–H and O–H groups in total. The summed E-state index contributed by atoms with van der Waals surface area (Å²) < 4.78 is 35.6. The average Bonchev–Trinajstić information content (AvgIpc) is 2.57. The first-order chi connectivity index (χ1) is 7.38. The van der Waals surface area contributed by atoms with Crippen LogP contribution in [0.25, 0.3) is 0 Å². The third kappa shape index (κ3) is 4.99. The molecule has 0 saturated carbocycles. The molecule has 5 heteroatoms. The Kier molecular flexibility index (Phi) is 4.80. The van der Waals surface area contributed by atoms with Crippen molar-refractivity contribution in [1.29, 1.82) is 0 Å². The fourth-order valence-electron chi connectivity index (χ4n) is 1.39. The van der Waals surface area contributed by atoms with Crippen LogP contribution in [0, 0.1) is 6.92 Å². The van der Waals surface area contributed by atoms with E-state index in [1.54, 1.807) is 11.3 Å². The van der Waals surface area contributed by atoms with Crippen molar-refractivity contribution in [2.45, 2.75) is 38.9 Å². The molecule has 1 rings (SSSR count). The molecular weight excluding hydrogens is 235 g/mol. The van der Waals surface area contributed by atoms with Crippen LogP contribution in [0.2, 0.25) is 0 Å². The van der Waals surface area contributed by atoms with Crippen LogP contribution in [-0.2, 0) is 0 Å². The Hall–Kier alpha value is -0.550. The highest BCUT2D eigenvalue weighted by molar-refractivity contribution is 7.12. The average molecular weight is 251 g/mol. The lowest BCUT2D eigenvalue weighted by molar-refractivity contribution is -0.135. The van der Waals surface area contributed by atoms with Crippen molar-refractivity contribution in [3.63, 3.8) is 0 Å². The fraction of sp³-hybridized carbons (Fsp3) is 0.636. The predicted molar refractivity (Wildman–Crippen MR) is 60.8 cm³/mol. The minimum atomic E-state index is -4.04. The minimum absolute atomic E-state index is 0.131. The third-order valence-corrected chi connectivity index (χ3v) is 3.46. The van der Waals surface area contributed by atoms with E-state index < -0.39 is 12.6 Å². The normalized spacial score (nSPS) is 14.1. The lowest BCUT2D eigenvalue weighted by Gasteiger charge is -2.12. The second-order valence-electron chi connectivity index (χ2n) is 3.84. The Morgan fingerprint density at radius 2 is 2.06 bits per heavy atom. The Labute approximate surface area is 97.7 Å². The van der Waals surface area contributed by atoms with Crippen molar-refractivity contribution in [2.24, 2.45) is 0 Å². The van der Waals surface area contributed by atoms with Crippen LogP contribution < -0.4 is 5.32 Å². The van der Waals surface area contributed by atoms with Crippen molar-refractivity contribution in [3.05, 3.63) is 21.9 Å². The molecule has 0 amide bonds. The van der Waals surface area contributed by atoms with Gasteiger partial charge < -0.3 is 5.32 Å². The quantitative estimate of drug-likeness (QED) is 0.778. The van der Waals surface area contributed by atoms with Gasteiger partial charge in [-0.25, -0.2) is 0 Å². The highest BCUT2D eigenvalue weighted by atomic mass is 32.1. The van der Waals surface area contributed by atoms with Gasteiger partial charge in [-0.05, 0) is 38.9 Å². The zero-order valence-electron chi connectivity index (χ0n) is 9.40. The van der Waals surface area contributed by atoms with Crippen LogP contribution in [0.15, 0.2) is 12.1 Å². The van der Waals surface area contributed by atoms with Crippen molar-refractivity contribution >= 4 is 11.3 Å². The predicted octanol–water partition coefficient (Wildman–Crippen LogP) is 4.05. The number of halogens is 3. The van der Waals surface area contributed by atoms with E-state index in [1.165, 1.54) is 9.75 Å². The molecule has 0 spiro atoms. The highest BCUT2D eigenvalue weighted by Gasteiger charge is 2.25. The number of hydrogen-bond donors (Lipinski definition) is 1. The second kappa shape index (κ2) is 5.68. The summed E-state index contributed by atoms with van der Waals surface area (Å²) in [6, 6.07) is 4.17. The first kappa shape index (κ1) is 13.5. The van der Waals surface area contributed by atoms with E-state index in [0.717, 1.165) is 0 Å². The molecule has 0 fully saturated rings. The third-order valence-electron chi connectivity index (χ3n) is 2.28. The van der Waals surface area contributed by atoms with Gasteiger partial charge in [0.1, 0.15) is 0 Å². The molecule has 1 unspecified atom stereocenters. The highest BCUT2D eigenvalue weighted by Crippen LogP contribution is 2.23. The van der Waals surface area contributed by atoms with Gasteiger partial charge in [-0.3, -0.25) is 0 Å². The van der Waals surface area contributed by atoms with Crippen LogP contribution in [0.4, 0.5) is 13.2 Å². The molecular formula is C11H16F3NS. The number of hydrogen-bond acceptors (Lipinski definition) is 2. The number of alkyl halides is 3. The summed E-state index contributed by atoms with van der Waals surface area (Å²) in [6.07, 6.45) is -4.61. The molecule has 0 bridgehead atoms. The zero-order chi connectivity index (χ0) is 12.2.